The number of hydrogen-bond donors (Lipinski definition) is 0. The number of nitrogens with zero attached hydrogens (tertiary/aromatic N) is 3. The number of aryl methyl sites for hydroxylation is 2. The van der Waals surface area contributed by atoms with Crippen molar-refractivity contribution in [3.05, 3.63) is 175 Å². The summed E-state index contributed by atoms with van der Waals surface area (Å²) in [5.74, 6) is 0. The average Bonchev–Trinajstić information content (AvgIpc) is 3.56. The molecule has 50 heavy (non-hydrogen) atoms. The Morgan fingerprint density at radius 2 is 1.40 bits per heavy atom. The van der Waals surface area contributed by atoms with Gasteiger partial charge in [0, 0.05) is 61.2 Å². The molecule has 0 fully saturated rings. The van der Waals surface area contributed by atoms with E-state index in [2.05, 4.69) is 107 Å². The molecule has 5 aromatic carbocycles. The predicted octanol–water partition coefficient (Wildman–Crippen LogP) is 11.5. The van der Waals surface area contributed by atoms with Crippen molar-refractivity contribution in [2.24, 2.45) is 0 Å². The van der Waals surface area contributed by atoms with Crippen LogP contribution in [0.25, 0.3) is 77.5 Å². The Morgan fingerprint density at radius 1 is 0.560 bits per heavy atom. The molecule has 0 aliphatic heterocycles. The third-order valence-corrected chi connectivity index (χ3v) is 8.72. The van der Waals surface area contributed by atoms with Crippen molar-refractivity contribution in [1.29, 1.82) is 0 Å². The van der Waals surface area contributed by atoms with Gasteiger partial charge in [-0.05, 0) is 64.2 Å². The van der Waals surface area contributed by atoms with Crippen LogP contribution in [0, 0.1) is 26.0 Å². The second-order valence-corrected chi connectivity index (χ2v) is 12.0. The van der Waals surface area contributed by atoms with Crippen LogP contribution in [0.15, 0.2) is 157 Å². The largest absolute Gasteiger partial charge is 0.500 e. The van der Waals surface area contributed by atoms with E-state index in [-0.39, 0.29) is 20.1 Å². The van der Waals surface area contributed by atoms with Crippen molar-refractivity contribution in [2.45, 2.75) is 13.8 Å². The summed E-state index contributed by atoms with van der Waals surface area (Å²) in [6, 6.07) is 50.0. The number of fused-ring (bicyclic) bond motifs is 4. The molecule has 0 amide bonds. The van der Waals surface area contributed by atoms with Gasteiger partial charge in [0.15, 0.2) is 0 Å². The van der Waals surface area contributed by atoms with E-state index < -0.39 is 0 Å². The molecule has 9 aromatic rings. The quantitative estimate of drug-likeness (QED) is 0.166. The molecule has 0 unspecified atom stereocenters. The molecule has 1 radical (unpaired) electrons. The molecule has 243 valence electrons. The van der Waals surface area contributed by atoms with Crippen molar-refractivity contribution in [3.8, 4) is 44.8 Å². The second-order valence-electron chi connectivity index (χ2n) is 12.0. The number of pyridine rings is 3. The van der Waals surface area contributed by atoms with Crippen molar-refractivity contribution in [2.75, 3.05) is 0 Å². The Hall–Kier alpha value is -5.74. The molecule has 4 nitrogen and oxygen atoms in total. The second kappa shape index (κ2) is 14.4. The van der Waals surface area contributed by atoms with Gasteiger partial charge in [0.25, 0.3) is 0 Å². The van der Waals surface area contributed by atoms with Crippen molar-refractivity contribution < 1.29 is 24.5 Å². The first-order valence-electron chi connectivity index (χ1n) is 16.3. The standard InChI is InChI=1S/C32H19N2O.C13H12N.Ir/c1-2-8-21(9-3-1)23-15-16-25(24-11-6-10-22-17-19-33-20-28(22)24)32-30(23)27-13-7-12-26(31(27)35-32)29-14-4-5-18-34-29;1-10-3-6-12(7-4-10)13-8-5-11(2)9-14-13;/h1-11,13-20H;3-6,8-9H,1-2H3;/q2*-1;. The van der Waals surface area contributed by atoms with Crippen molar-refractivity contribution in [3.63, 3.8) is 0 Å². The summed E-state index contributed by atoms with van der Waals surface area (Å²) in [7, 11) is 0. The van der Waals surface area contributed by atoms with Crippen LogP contribution in [-0.2, 0) is 20.1 Å². The minimum absolute atomic E-state index is 0. The van der Waals surface area contributed by atoms with Gasteiger partial charge in [0.2, 0.25) is 0 Å². The Balaban J connectivity index is 0.000000220. The fraction of sp³-hybridized carbons (Fsp3) is 0.0444. The van der Waals surface area contributed by atoms with Crippen molar-refractivity contribution in [1.82, 2.24) is 15.0 Å². The monoisotopic (exact) mass is 822 g/mol. The molecule has 0 atom stereocenters. The molecule has 5 heteroatoms. The topological polar surface area (TPSA) is 51.8 Å². The molecule has 0 saturated carbocycles. The van der Waals surface area contributed by atoms with E-state index in [1.54, 1.807) is 6.20 Å². The van der Waals surface area contributed by atoms with Crippen LogP contribution >= 0.6 is 0 Å². The van der Waals surface area contributed by atoms with E-state index in [4.69, 9.17) is 4.42 Å². The van der Waals surface area contributed by atoms with Crippen LogP contribution in [-0.4, -0.2) is 15.0 Å². The zero-order chi connectivity index (χ0) is 33.2. The first-order chi connectivity index (χ1) is 24.1. The SMILES string of the molecule is Cc1c[c-]c(-c2ccc(C)cn2)cc1.[Ir].[c-]1ccc2c(oc3c(-c4cccc5ccncc45)ccc(-c4ccccc4)c32)c1-c1ccccn1. The molecule has 4 aromatic heterocycles. The summed E-state index contributed by atoms with van der Waals surface area (Å²) in [6.07, 6.45) is 7.44. The Labute approximate surface area is 304 Å². The summed E-state index contributed by atoms with van der Waals surface area (Å²) in [4.78, 5) is 13.3. The van der Waals surface area contributed by atoms with E-state index in [1.165, 1.54) is 11.1 Å². The van der Waals surface area contributed by atoms with Crippen LogP contribution in [0.4, 0.5) is 0 Å². The van der Waals surface area contributed by atoms with Gasteiger partial charge in [-0.1, -0.05) is 96.7 Å². The average molecular weight is 822 g/mol. The summed E-state index contributed by atoms with van der Waals surface area (Å²) in [5, 5.41) is 4.39. The van der Waals surface area contributed by atoms with Gasteiger partial charge < -0.3 is 14.4 Å². The van der Waals surface area contributed by atoms with Crippen LogP contribution in [0.2, 0.25) is 0 Å². The predicted molar refractivity (Wildman–Crippen MR) is 200 cm³/mol. The van der Waals surface area contributed by atoms with E-state index >= 15 is 0 Å². The zero-order valence-electron chi connectivity index (χ0n) is 27.5. The number of furan rings is 1. The summed E-state index contributed by atoms with van der Waals surface area (Å²) in [6.45, 7) is 4.10. The number of benzene rings is 5. The van der Waals surface area contributed by atoms with Gasteiger partial charge in [-0.3, -0.25) is 4.98 Å². The third kappa shape index (κ3) is 6.37. The number of hydrogen-bond acceptors (Lipinski definition) is 4. The van der Waals surface area contributed by atoms with Crippen LogP contribution < -0.4 is 0 Å². The first kappa shape index (κ1) is 32.8. The maximum Gasteiger partial charge on any atom is 0.129 e. The van der Waals surface area contributed by atoms with Crippen LogP contribution in [0.5, 0.6) is 0 Å². The fourth-order valence-corrected chi connectivity index (χ4v) is 6.25. The minimum atomic E-state index is 0. The van der Waals surface area contributed by atoms with E-state index in [9.17, 15) is 0 Å². The molecule has 0 bridgehead atoms. The Bertz CT molecular complexity index is 2500. The first-order valence-corrected chi connectivity index (χ1v) is 16.3. The van der Waals surface area contributed by atoms with Gasteiger partial charge in [0.1, 0.15) is 5.58 Å². The molecular weight excluding hydrogens is 791 g/mol. The molecule has 0 saturated heterocycles. The molecular formula is C45H31IrN3O-2. The van der Waals surface area contributed by atoms with Crippen LogP contribution in [0.3, 0.4) is 0 Å². The van der Waals surface area contributed by atoms with Gasteiger partial charge in [-0.25, -0.2) is 0 Å². The van der Waals surface area contributed by atoms with E-state index in [0.29, 0.717) is 0 Å². The number of rotatable bonds is 4. The molecule has 0 aliphatic carbocycles. The van der Waals surface area contributed by atoms with Gasteiger partial charge in [0.05, 0.1) is 5.58 Å². The maximum absolute atomic E-state index is 6.74. The van der Waals surface area contributed by atoms with E-state index in [1.807, 2.05) is 80.1 Å². The molecule has 0 N–H and O–H groups in total. The number of aromatic nitrogens is 3. The summed E-state index contributed by atoms with van der Waals surface area (Å²) < 4.78 is 6.74. The third-order valence-electron chi connectivity index (χ3n) is 8.72. The fourth-order valence-electron chi connectivity index (χ4n) is 6.25. The maximum atomic E-state index is 6.74. The van der Waals surface area contributed by atoms with Gasteiger partial charge >= 0.3 is 0 Å². The molecule has 9 rings (SSSR count). The Morgan fingerprint density at radius 3 is 2.18 bits per heavy atom. The molecule has 4 heterocycles. The normalized spacial score (nSPS) is 10.8. The molecule has 0 aliphatic rings. The summed E-state index contributed by atoms with van der Waals surface area (Å²) in [5.41, 5.74) is 12.2. The molecule has 0 spiro atoms. The van der Waals surface area contributed by atoms with Gasteiger partial charge in [-0.2, -0.15) is 0 Å². The Kier molecular flexibility index (Phi) is 9.44. The van der Waals surface area contributed by atoms with Crippen molar-refractivity contribution >= 4 is 32.7 Å². The smallest absolute Gasteiger partial charge is 0.129 e. The van der Waals surface area contributed by atoms with E-state index in [0.717, 1.165) is 77.5 Å². The zero-order valence-corrected chi connectivity index (χ0v) is 29.9. The van der Waals surface area contributed by atoms with Crippen LogP contribution in [0.1, 0.15) is 11.1 Å². The van der Waals surface area contributed by atoms with Gasteiger partial charge in [-0.15, -0.1) is 53.6 Å². The summed E-state index contributed by atoms with van der Waals surface area (Å²) >= 11 is 0. The minimum Gasteiger partial charge on any atom is -0.500 e.